The zero-order valence-electron chi connectivity index (χ0n) is 12.8. The third kappa shape index (κ3) is 4.24. The van der Waals surface area contributed by atoms with Crippen LogP contribution in [0.4, 0.5) is 5.69 Å². The third-order valence-corrected chi connectivity index (χ3v) is 3.90. The first-order chi connectivity index (χ1) is 10.2. The van der Waals surface area contributed by atoms with E-state index in [0.717, 1.165) is 17.7 Å². The van der Waals surface area contributed by atoms with Crippen LogP contribution in [0.15, 0.2) is 42.7 Å². The second-order valence-electron chi connectivity index (χ2n) is 4.81. The van der Waals surface area contributed by atoms with Gasteiger partial charge in [0.15, 0.2) is 0 Å². The summed E-state index contributed by atoms with van der Waals surface area (Å²) in [6, 6.07) is 9.75. The highest BCUT2D eigenvalue weighted by atomic mass is 35.5. The van der Waals surface area contributed by atoms with Crippen molar-refractivity contribution in [3.8, 4) is 0 Å². The van der Waals surface area contributed by atoms with E-state index in [1.807, 2.05) is 43.5 Å². The van der Waals surface area contributed by atoms with Gasteiger partial charge >= 0.3 is 0 Å². The molecule has 0 saturated heterocycles. The number of hydrogen-bond donors (Lipinski definition) is 0. The van der Waals surface area contributed by atoms with Crippen LogP contribution in [0.2, 0.25) is 0 Å². The Kier molecular flexibility index (Phi) is 7.42. The number of nitrogens with zero attached hydrogens (tertiary/aromatic N) is 3. The minimum absolute atomic E-state index is 0. The lowest BCUT2D eigenvalue weighted by molar-refractivity contribution is -0.118. The van der Waals surface area contributed by atoms with Crippen molar-refractivity contribution < 1.29 is 4.79 Å². The van der Waals surface area contributed by atoms with E-state index in [9.17, 15) is 4.79 Å². The lowest BCUT2D eigenvalue weighted by Crippen LogP contribution is -2.38. The lowest BCUT2D eigenvalue weighted by atomic mass is 10.1. The monoisotopic (exact) mass is 341 g/mol. The highest BCUT2D eigenvalue weighted by molar-refractivity contribution is 6.32. The van der Waals surface area contributed by atoms with Gasteiger partial charge in [-0.15, -0.1) is 24.0 Å². The molecule has 2 rings (SSSR count). The largest absolute Gasteiger partial charge is 0.291 e. The Morgan fingerprint density at radius 3 is 2.64 bits per heavy atom. The van der Waals surface area contributed by atoms with Gasteiger partial charge in [0.1, 0.15) is 12.0 Å². The number of carbonyl (C=O) groups excluding carboxylic acids is 1. The summed E-state index contributed by atoms with van der Waals surface area (Å²) in [6.45, 7) is 4.35. The smallest absolute Gasteiger partial charge is 0.246 e. The van der Waals surface area contributed by atoms with Gasteiger partial charge in [-0.3, -0.25) is 14.4 Å². The maximum Gasteiger partial charge on any atom is 0.246 e. The number of carbonyl (C=O) groups is 1. The van der Waals surface area contributed by atoms with Gasteiger partial charge in [0.05, 0.1) is 0 Å². The summed E-state index contributed by atoms with van der Waals surface area (Å²) in [5.74, 6) is -0.0874. The Bertz CT molecular complexity index is 587. The summed E-state index contributed by atoms with van der Waals surface area (Å²) in [4.78, 5) is 14.3. The molecule has 1 amide bonds. The van der Waals surface area contributed by atoms with E-state index in [0.29, 0.717) is 13.1 Å². The van der Waals surface area contributed by atoms with Gasteiger partial charge in [0, 0.05) is 18.1 Å². The minimum atomic E-state index is -0.523. The molecular weight excluding hydrogens is 321 g/mol. The van der Waals surface area contributed by atoms with Gasteiger partial charge in [-0.1, -0.05) is 32.0 Å². The predicted molar refractivity (Wildman–Crippen MR) is 92.7 cm³/mol. The second-order valence-corrected chi connectivity index (χ2v) is 5.34. The molecule has 1 atom stereocenters. The summed E-state index contributed by atoms with van der Waals surface area (Å²) >= 11 is 6.18. The average molecular weight is 342 g/mol. The predicted octanol–water partition coefficient (Wildman–Crippen LogP) is 3.88. The summed E-state index contributed by atoms with van der Waals surface area (Å²) in [5.41, 5.74) is 2.03. The van der Waals surface area contributed by atoms with Crippen LogP contribution < -0.4 is 4.90 Å². The van der Waals surface area contributed by atoms with Gasteiger partial charge in [-0.25, -0.2) is 0 Å². The number of aryl methyl sites for hydroxylation is 1. The van der Waals surface area contributed by atoms with Crippen molar-refractivity contribution in [1.29, 1.82) is 0 Å². The van der Waals surface area contributed by atoms with Crippen LogP contribution in [0.25, 0.3) is 0 Å². The SMILES string of the molecule is CCc1ccccc1N(Cn1cccn1)C(=O)C(Cl)CC.Cl. The van der Waals surface area contributed by atoms with E-state index in [4.69, 9.17) is 11.6 Å². The fourth-order valence-electron chi connectivity index (χ4n) is 2.21. The van der Waals surface area contributed by atoms with Crippen molar-refractivity contribution >= 4 is 35.6 Å². The molecule has 0 radical (unpaired) electrons. The molecule has 0 saturated carbocycles. The molecule has 0 aliphatic heterocycles. The number of hydrogen-bond acceptors (Lipinski definition) is 2. The van der Waals surface area contributed by atoms with Crippen molar-refractivity contribution in [2.45, 2.75) is 38.7 Å². The molecule has 1 aromatic heterocycles. The van der Waals surface area contributed by atoms with Crippen molar-refractivity contribution in [1.82, 2.24) is 9.78 Å². The number of anilines is 1. The first-order valence-corrected chi connectivity index (χ1v) is 7.61. The number of rotatable bonds is 6. The average Bonchev–Trinajstić information content (AvgIpc) is 3.04. The third-order valence-electron chi connectivity index (χ3n) is 3.40. The molecule has 0 fully saturated rings. The van der Waals surface area contributed by atoms with Crippen LogP contribution in [-0.4, -0.2) is 21.1 Å². The molecule has 120 valence electrons. The van der Waals surface area contributed by atoms with Crippen LogP contribution in [0.1, 0.15) is 25.8 Å². The topological polar surface area (TPSA) is 38.1 Å². The quantitative estimate of drug-likeness (QED) is 0.748. The zero-order chi connectivity index (χ0) is 15.2. The van der Waals surface area contributed by atoms with Crippen LogP contribution in [0, 0.1) is 0 Å². The fraction of sp³-hybridized carbons (Fsp3) is 0.375. The molecule has 1 unspecified atom stereocenters. The van der Waals surface area contributed by atoms with E-state index >= 15 is 0 Å². The normalized spacial score (nSPS) is 11.6. The molecule has 0 bridgehead atoms. The highest BCUT2D eigenvalue weighted by Crippen LogP contribution is 2.24. The van der Waals surface area contributed by atoms with Crippen LogP contribution in [0.3, 0.4) is 0 Å². The number of halogens is 2. The number of amides is 1. The molecule has 0 spiro atoms. The Morgan fingerprint density at radius 2 is 2.05 bits per heavy atom. The minimum Gasteiger partial charge on any atom is -0.291 e. The molecule has 1 heterocycles. The van der Waals surface area contributed by atoms with E-state index in [-0.39, 0.29) is 18.3 Å². The van der Waals surface area contributed by atoms with Crippen molar-refractivity contribution in [2.75, 3.05) is 4.90 Å². The summed E-state index contributed by atoms with van der Waals surface area (Å²) < 4.78 is 1.73. The number of para-hydroxylation sites is 1. The maximum atomic E-state index is 12.6. The van der Waals surface area contributed by atoms with E-state index in [1.165, 1.54) is 0 Å². The van der Waals surface area contributed by atoms with E-state index < -0.39 is 5.38 Å². The molecule has 0 aliphatic rings. The maximum absolute atomic E-state index is 12.6. The van der Waals surface area contributed by atoms with Crippen LogP contribution in [-0.2, 0) is 17.9 Å². The summed E-state index contributed by atoms with van der Waals surface area (Å²) in [5, 5.41) is 3.66. The molecular formula is C16H21Cl2N3O. The molecule has 1 aromatic carbocycles. The Balaban J connectivity index is 0.00000242. The number of aromatic nitrogens is 2. The van der Waals surface area contributed by atoms with Crippen molar-refractivity contribution in [3.05, 3.63) is 48.3 Å². The Labute approximate surface area is 142 Å². The van der Waals surface area contributed by atoms with Crippen molar-refractivity contribution in [3.63, 3.8) is 0 Å². The molecule has 0 aliphatic carbocycles. The van der Waals surface area contributed by atoms with Crippen molar-refractivity contribution in [2.24, 2.45) is 0 Å². The van der Waals surface area contributed by atoms with Gasteiger partial charge < -0.3 is 0 Å². The summed E-state index contributed by atoms with van der Waals surface area (Å²) in [6.07, 6.45) is 5.00. The summed E-state index contributed by atoms with van der Waals surface area (Å²) in [7, 11) is 0. The van der Waals surface area contributed by atoms with Gasteiger partial charge in [-0.2, -0.15) is 5.10 Å². The highest BCUT2D eigenvalue weighted by Gasteiger charge is 2.24. The van der Waals surface area contributed by atoms with Gasteiger partial charge in [0.2, 0.25) is 5.91 Å². The van der Waals surface area contributed by atoms with Crippen LogP contribution in [0.5, 0.6) is 0 Å². The second kappa shape index (κ2) is 8.81. The first kappa shape index (κ1) is 18.5. The zero-order valence-corrected chi connectivity index (χ0v) is 14.3. The molecule has 6 heteroatoms. The Morgan fingerprint density at radius 1 is 1.32 bits per heavy atom. The van der Waals surface area contributed by atoms with Crippen LogP contribution >= 0.6 is 24.0 Å². The van der Waals surface area contributed by atoms with Gasteiger partial charge in [-0.05, 0) is 30.5 Å². The Hall–Kier alpha value is -1.52. The fourth-order valence-corrected chi connectivity index (χ4v) is 2.33. The molecule has 22 heavy (non-hydrogen) atoms. The van der Waals surface area contributed by atoms with Gasteiger partial charge in [0.25, 0.3) is 0 Å². The first-order valence-electron chi connectivity index (χ1n) is 7.18. The molecule has 4 nitrogen and oxygen atoms in total. The van der Waals surface area contributed by atoms with E-state index in [2.05, 4.69) is 12.0 Å². The van der Waals surface area contributed by atoms with E-state index in [1.54, 1.807) is 15.8 Å². The standard InChI is InChI=1S/C16H20ClN3O.ClH/c1-3-13-8-5-6-9-15(13)20(16(21)14(17)4-2)12-19-11-7-10-18-19;/h5-11,14H,3-4,12H2,1-2H3;1H. The molecule has 0 N–H and O–H groups in total. The number of alkyl halides is 1. The number of benzene rings is 1. The lowest BCUT2D eigenvalue weighted by Gasteiger charge is -2.26. The molecule has 2 aromatic rings.